The van der Waals surface area contributed by atoms with Gasteiger partial charge in [-0.05, 0) is 37.3 Å². The Morgan fingerprint density at radius 3 is 2.54 bits per heavy atom. The molecule has 0 amide bonds. The molecule has 1 atom stereocenters. The highest BCUT2D eigenvalue weighted by Gasteiger charge is 2.22. The first-order chi connectivity index (χ1) is 18.7. The van der Waals surface area contributed by atoms with Gasteiger partial charge in [0.2, 0.25) is 0 Å². The maximum atomic E-state index is 11.9. The lowest BCUT2D eigenvalue weighted by molar-refractivity contribution is 0.462. The van der Waals surface area contributed by atoms with E-state index in [1.165, 1.54) is 24.0 Å². The van der Waals surface area contributed by atoms with Gasteiger partial charge in [0.15, 0.2) is 5.82 Å². The Balaban J connectivity index is 1.78. The average Bonchev–Trinajstić information content (AvgIpc) is 2.92. The number of benzene rings is 2. The molecule has 0 aliphatic heterocycles. The van der Waals surface area contributed by atoms with Crippen molar-refractivity contribution in [2.45, 2.75) is 50.0 Å². The van der Waals surface area contributed by atoms with Crippen molar-refractivity contribution in [1.82, 2.24) is 4.98 Å². The van der Waals surface area contributed by atoms with Crippen LogP contribution in [0.4, 0.5) is 23.0 Å². The zero-order chi connectivity index (χ0) is 28.0. The molecular weight excluding hydrogens is 536 g/mol. The van der Waals surface area contributed by atoms with E-state index in [2.05, 4.69) is 33.5 Å². The summed E-state index contributed by atoms with van der Waals surface area (Å²) in [5.74, 6) is 1.18. The number of hydrogen-bond acceptors (Lipinski definition) is 9. The number of fused-ring (bicyclic) bond motifs is 1. The summed E-state index contributed by atoms with van der Waals surface area (Å²) in [5, 5.41) is 27.7. The summed E-state index contributed by atoms with van der Waals surface area (Å²) < 4.78 is 45.2. The van der Waals surface area contributed by atoms with Crippen LogP contribution in [0.15, 0.2) is 63.5 Å². The van der Waals surface area contributed by atoms with E-state index in [1.54, 1.807) is 31.2 Å². The van der Waals surface area contributed by atoms with Crippen molar-refractivity contribution in [2.75, 3.05) is 22.9 Å². The summed E-state index contributed by atoms with van der Waals surface area (Å²) in [6.45, 7) is 5.65. The molecule has 0 radical (unpaired) electrons. The monoisotopic (exact) mass is 566 g/mol. The van der Waals surface area contributed by atoms with E-state index in [0.29, 0.717) is 57.2 Å². The molecule has 3 N–H and O–H groups in total. The van der Waals surface area contributed by atoms with Crippen molar-refractivity contribution < 1.29 is 17.2 Å². The molecule has 1 saturated carbocycles. The highest BCUT2D eigenvalue weighted by molar-refractivity contribution is 7.88. The second kappa shape index (κ2) is 12.5. The van der Waals surface area contributed by atoms with Gasteiger partial charge in [-0.15, -0.1) is 10.2 Å². The van der Waals surface area contributed by atoms with E-state index in [4.69, 9.17) is 4.98 Å². The highest BCUT2D eigenvalue weighted by Crippen LogP contribution is 2.38. The van der Waals surface area contributed by atoms with E-state index >= 15 is 0 Å². The molecular formula is C27H30N6O4S2. The zero-order valence-corrected chi connectivity index (χ0v) is 23.2. The molecule has 204 valence electrons. The summed E-state index contributed by atoms with van der Waals surface area (Å²) in [4.78, 5) is 4.49. The minimum atomic E-state index is -4.43. The molecule has 1 aliphatic rings. The number of pyridine rings is 1. The number of anilines is 2. The predicted molar refractivity (Wildman–Crippen MR) is 154 cm³/mol. The average molecular weight is 567 g/mol. The van der Waals surface area contributed by atoms with Gasteiger partial charge in [0.1, 0.15) is 22.5 Å². The van der Waals surface area contributed by atoms with Crippen LogP contribution < -0.4 is 10.6 Å². The Hall–Kier alpha value is -3.66. The van der Waals surface area contributed by atoms with E-state index in [1.807, 2.05) is 0 Å². The second-order valence-corrected chi connectivity index (χ2v) is 12.1. The molecule has 0 bridgehead atoms. The van der Waals surface area contributed by atoms with Crippen molar-refractivity contribution in [2.24, 2.45) is 10.2 Å². The van der Waals surface area contributed by atoms with Gasteiger partial charge in [-0.2, -0.15) is 13.7 Å². The number of rotatable bonds is 10. The summed E-state index contributed by atoms with van der Waals surface area (Å²) in [7, 11) is -5.62. The zero-order valence-electron chi connectivity index (χ0n) is 21.6. The predicted octanol–water partition coefficient (Wildman–Crippen LogP) is 6.13. The molecule has 1 unspecified atom stereocenters. The topological polar surface area (TPSA) is 157 Å². The lowest BCUT2D eigenvalue weighted by Crippen LogP contribution is -2.23. The third-order valence-electron chi connectivity index (χ3n) is 6.65. The summed E-state index contributed by atoms with van der Waals surface area (Å²) >= 11 is 0. The van der Waals surface area contributed by atoms with Crippen molar-refractivity contribution in [1.29, 1.82) is 5.26 Å². The lowest BCUT2D eigenvalue weighted by Gasteiger charge is -2.25. The van der Waals surface area contributed by atoms with Crippen LogP contribution >= 0.6 is 0 Å². The number of nitrogens with one attached hydrogen (secondary N) is 2. The molecule has 0 spiro atoms. The number of hydrogen-bond donors (Lipinski definition) is 3. The van der Waals surface area contributed by atoms with Crippen LogP contribution in [-0.4, -0.2) is 40.5 Å². The molecule has 12 heteroatoms. The fourth-order valence-electron chi connectivity index (χ4n) is 4.65. The quantitative estimate of drug-likeness (QED) is 0.195. The molecule has 1 aromatic heterocycles. The van der Waals surface area contributed by atoms with Crippen LogP contribution in [0.3, 0.4) is 0 Å². The number of azo groups is 1. The minimum absolute atomic E-state index is 0.198. The largest absolute Gasteiger partial charge is 0.368 e. The first kappa shape index (κ1) is 28.4. The van der Waals surface area contributed by atoms with E-state index in [9.17, 15) is 22.4 Å². The second-order valence-electron chi connectivity index (χ2n) is 9.23. The third-order valence-corrected chi connectivity index (χ3v) is 8.54. The Morgan fingerprint density at radius 2 is 1.87 bits per heavy atom. The van der Waals surface area contributed by atoms with E-state index in [0.717, 1.165) is 25.7 Å². The molecule has 10 nitrogen and oxygen atoms in total. The molecule has 4 rings (SSSR count). The SMILES string of the molecule is C=CS(=O)CCNc1nc(NC2CCCCC2)c(N=Nc2ccc(S(=O)(=O)O)c3ccccc23)c(C)c1C#N. The van der Waals surface area contributed by atoms with Gasteiger partial charge in [0, 0.05) is 45.5 Å². The van der Waals surface area contributed by atoms with Gasteiger partial charge < -0.3 is 10.6 Å². The summed E-state index contributed by atoms with van der Waals surface area (Å²) in [5.41, 5.74) is 1.67. The Bertz CT molecular complexity index is 1590. The van der Waals surface area contributed by atoms with Crippen molar-refractivity contribution in [3.05, 3.63) is 59.5 Å². The van der Waals surface area contributed by atoms with Crippen LogP contribution in [-0.2, 0) is 20.9 Å². The van der Waals surface area contributed by atoms with Gasteiger partial charge in [0.05, 0.1) is 11.3 Å². The third kappa shape index (κ3) is 6.68. The first-order valence-corrected chi connectivity index (χ1v) is 15.4. The highest BCUT2D eigenvalue weighted by atomic mass is 32.2. The Labute approximate surface area is 230 Å². The maximum absolute atomic E-state index is 11.9. The van der Waals surface area contributed by atoms with Gasteiger partial charge in [-0.25, -0.2) is 4.98 Å². The Kier molecular flexibility index (Phi) is 9.06. The van der Waals surface area contributed by atoms with E-state index < -0.39 is 20.9 Å². The van der Waals surface area contributed by atoms with Crippen LogP contribution in [0.2, 0.25) is 0 Å². The number of aromatic nitrogens is 1. The minimum Gasteiger partial charge on any atom is -0.368 e. The molecule has 39 heavy (non-hydrogen) atoms. The molecule has 2 aromatic carbocycles. The van der Waals surface area contributed by atoms with Crippen molar-refractivity contribution >= 4 is 54.7 Å². The fourth-order valence-corrected chi connectivity index (χ4v) is 5.81. The van der Waals surface area contributed by atoms with Crippen molar-refractivity contribution in [3.63, 3.8) is 0 Å². The molecule has 0 saturated heterocycles. The van der Waals surface area contributed by atoms with Crippen LogP contribution in [0.5, 0.6) is 0 Å². The van der Waals surface area contributed by atoms with Crippen LogP contribution in [0, 0.1) is 18.3 Å². The Morgan fingerprint density at radius 1 is 1.15 bits per heavy atom. The summed E-state index contributed by atoms with van der Waals surface area (Å²) in [6, 6.07) is 11.9. The number of nitrogens with zero attached hydrogens (tertiary/aromatic N) is 4. The van der Waals surface area contributed by atoms with E-state index in [-0.39, 0.29) is 10.9 Å². The van der Waals surface area contributed by atoms with Crippen LogP contribution in [0.1, 0.15) is 43.2 Å². The molecule has 3 aromatic rings. The molecule has 1 fully saturated rings. The van der Waals surface area contributed by atoms with Gasteiger partial charge >= 0.3 is 0 Å². The van der Waals surface area contributed by atoms with Crippen LogP contribution in [0.25, 0.3) is 10.8 Å². The standard InChI is InChI=1S/C27H30N6O4S2/c1-3-38(34)16-15-29-26-22(17-28)18(2)25(27(31-26)30-19-9-5-4-6-10-19)33-32-23-13-14-24(39(35,36)37)21-12-8-7-11-20(21)23/h3,7-8,11-14,19H,1,4-6,9-10,15-16H2,2H3,(H2,29,30,31)(H,35,36,37). The van der Waals surface area contributed by atoms with Gasteiger partial charge in [-0.3, -0.25) is 8.76 Å². The first-order valence-electron chi connectivity index (χ1n) is 12.6. The van der Waals surface area contributed by atoms with Gasteiger partial charge in [-0.1, -0.05) is 50.1 Å². The molecule has 1 heterocycles. The van der Waals surface area contributed by atoms with Crippen molar-refractivity contribution in [3.8, 4) is 6.07 Å². The molecule has 1 aliphatic carbocycles. The van der Waals surface area contributed by atoms with Gasteiger partial charge in [0.25, 0.3) is 10.1 Å². The normalized spacial score (nSPS) is 15.2. The summed E-state index contributed by atoms with van der Waals surface area (Å²) in [6.07, 6.45) is 5.37. The number of nitriles is 1. The fraction of sp³-hybridized carbons (Fsp3) is 0.333. The smallest absolute Gasteiger partial charge is 0.295 e. The lowest BCUT2D eigenvalue weighted by atomic mass is 9.95. The maximum Gasteiger partial charge on any atom is 0.295 e.